The molecule has 1 aliphatic heterocycles. The van der Waals surface area contributed by atoms with Crippen molar-refractivity contribution in [2.24, 2.45) is 11.3 Å². The van der Waals surface area contributed by atoms with Crippen molar-refractivity contribution in [1.82, 2.24) is 15.2 Å². The van der Waals surface area contributed by atoms with Crippen LogP contribution < -0.4 is 5.32 Å². The summed E-state index contributed by atoms with van der Waals surface area (Å²) in [7, 11) is 0. The Kier molecular flexibility index (Phi) is 7.79. The van der Waals surface area contributed by atoms with E-state index in [-0.39, 0.29) is 11.8 Å². The third-order valence-electron chi connectivity index (χ3n) is 7.56. The number of nitrogens with zero attached hydrogens (tertiary/aromatic N) is 2. The fourth-order valence-electron chi connectivity index (χ4n) is 5.58. The van der Waals surface area contributed by atoms with Crippen molar-refractivity contribution in [2.45, 2.75) is 64.7 Å². The van der Waals surface area contributed by atoms with Gasteiger partial charge in [-0.05, 0) is 73.8 Å². The number of piperidine rings is 1. The van der Waals surface area contributed by atoms with E-state index < -0.39 is 5.41 Å². The number of nitrogens with one attached hydrogen (secondary N) is 1. The van der Waals surface area contributed by atoms with Crippen molar-refractivity contribution in [1.29, 1.82) is 0 Å². The summed E-state index contributed by atoms with van der Waals surface area (Å²) in [6.07, 6.45) is 12.6. The number of hydrogen-bond acceptors (Lipinski definition) is 3. The standard InChI is InChI=1S/C28H37N3O2/c1-2-30-27(33)28(21-23-9-6-10-25(19-23)24-11-15-29-16-12-24)13-17-31(18-14-28)26(32)20-22-7-4-3-5-8-22/h6,9-12,15-16,19,22H,2-5,7-8,13-14,17-18,20-21H2,1H3,(H,30,33). The molecule has 0 spiro atoms. The molecule has 5 nitrogen and oxygen atoms in total. The summed E-state index contributed by atoms with van der Waals surface area (Å²) in [6.45, 7) is 3.94. The van der Waals surface area contributed by atoms with Gasteiger partial charge in [-0.3, -0.25) is 14.6 Å². The van der Waals surface area contributed by atoms with Crippen molar-refractivity contribution in [2.75, 3.05) is 19.6 Å². The van der Waals surface area contributed by atoms with Crippen LogP contribution in [0, 0.1) is 11.3 Å². The highest BCUT2D eigenvalue weighted by Gasteiger charge is 2.42. The summed E-state index contributed by atoms with van der Waals surface area (Å²) in [4.78, 5) is 32.3. The maximum Gasteiger partial charge on any atom is 0.226 e. The number of hydrogen-bond donors (Lipinski definition) is 1. The Labute approximate surface area is 198 Å². The van der Waals surface area contributed by atoms with Crippen LogP contribution in [0.2, 0.25) is 0 Å². The molecule has 0 unspecified atom stereocenters. The molecule has 1 N–H and O–H groups in total. The van der Waals surface area contributed by atoms with E-state index in [9.17, 15) is 9.59 Å². The summed E-state index contributed by atoms with van der Waals surface area (Å²) in [6, 6.07) is 12.5. The Morgan fingerprint density at radius 3 is 2.45 bits per heavy atom. The van der Waals surface area contributed by atoms with Crippen LogP contribution in [0.3, 0.4) is 0 Å². The minimum atomic E-state index is -0.464. The number of aromatic nitrogens is 1. The van der Waals surface area contributed by atoms with Crippen LogP contribution in [0.5, 0.6) is 0 Å². The van der Waals surface area contributed by atoms with Gasteiger partial charge in [0, 0.05) is 38.4 Å². The molecular formula is C28H37N3O2. The molecule has 1 aromatic heterocycles. The summed E-state index contributed by atoms with van der Waals surface area (Å²) in [5.41, 5.74) is 2.97. The summed E-state index contributed by atoms with van der Waals surface area (Å²) >= 11 is 0. The Hall–Kier alpha value is -2.69. The van der Waals surface area contributed by atoms with Gasteiger partial charge in [-0.2, -0.15) is 0 Å². The van der Waals surface area contributed by atoms with Crippen LogP contribution >= 0.6 is 0 Å². The van der Waals surface area contributed by atoms with E-state index in [2.05, 4.69) is 34.6 Å². The van der Waals surface area contributed by atoms with Crippen LogP contribution in [0.4, 0.5) is 0 Å². The SMILES string of the molecule is CCNC(=O)C1(Cc2cccc(-c3ccncc3)c2)CCN(C(=O)CC2CCCCC2)CC1. The average molecular weight is 448 g/mol. The summed E-state index contributed by atoms with van der Waals surface area (Å²) < 4.78 is 0. The molecule has 4 rings (SSSR count). The number of carbonyl (C=O) groups is 2. The zero-order chi connectivity index (χ0) is 23.1. The molecule has 2 aliphatic rings. The van der Waals surface area contributed by atoms with E-state index in [4.69, 9.17) is 0 Å². The van der Waals surface area contributed by atoms with Crippen LogP contribution in [0.1, 0.15) is 63.9 Å². The first-order valence-electron chi connectivity index (χ1n) is 12.6. The predicted octanol–water partition coefficient (Wildman–Crippen LogP) is 5.01. The van der Waals surface area contributed by atoms with Crippen molar-refractivity contribution >= 4 is 11.8 Å². The molecule has 2 aromatic rings. The molecule has 2 fully saturated rings. The number of benzene rings is 1. The minimum Gasteiger partial charge on any atom is -0.356 e. The molecule has 0 radical (unpaired) electrons. The van der Waals surface area contributed by atoms with Crippen molar-refractivity contribution in [3.05, 3.63) is 54.4 Å². The first kappa shape index (κ1) is 23.5. The monoisotopic (exact) mass is 447 g/mol. The minimum absolute atomic E-state index is 0.124. The molecule has 33 heavy (non-hydrogen) atoms. The first-order valence-corrected chi connectivity index (χ1v) is 12.6. The van der Waals surface area contributed by atoms with E-state index in [0.717, 1.165) is 16.7 Å². The maximum atomic E-state index is 13.2. The third-order valence-corrected chi connectivity index (χ3v) is 7.56. The number of amides is 2. The number of rotatable bonds is 7. The first-order chi connectivity index (χ1) is 16.1. The van der Waals surface area contributed by atoms with Gasteiger partial charge in [0.25, 0.3) is 0 Å². The fourth-order valence-corrected chi connectivity index (χ4v) is 5.58. The van der Waals surface area contributed by atoms with Gasteiger partial charge in [-0.15, -0.1) is 0 Å². The molecule has 1 saturated heterocycles. The second-order valence-corrected chi connectivity index (χ2v) is 9.84. The molecule has 1 aliphatic carbocycles. The number of likely N-dealkylation sites (tertiary alicyclic amines) is 1. The Balaban J connectivity index is 1.45. The van der Waals surface area contributed by atoms with Crippen LogP contribution in [-0.2, 0) is 16.0 Å². The van der Waals surface area contributed by atoms with Gasteiger partial charge in [0.1, 0.15) is 0 Å². The predicted molar refractivity (Wildman–Crippen MR) is 131 cm³/mol. The Bertz CT molecular complexity index is 929. The number of carbonyl (C=O) groups excluding carboxylic acids is 2. The molecule has 0 bridgehead atoms. The fraction of sp³-hybridized carbons (Fsp3) is 0.536. The molecule has 1 saturated carbocycles. The zero-order valence-corrected chi connectivity index (χ0v) is 19.9. The van der Waals surface area contributed by atoms with Gasteiger partial charge in [-0.1, -0.05) is 43.5 Å². The highest BCUT2D eigenvalue weighted by atomic mass is 16.2. The van der Waals surface area contributed by atoms with Gasteiger partial charge in [-0.25, -0.2) is 0 Å². The van der Waals surface area contributed by atoms with Crippen LogP contribution in [0.25, 0.3) is 11.1 Å². The molecule has 2 heterocycles. The molecule has 0 atom stereocenters. The van der Waals surface area contributed by atoms with Gasteiger partial charge in [0.2, 0.25) is 11.8 Å². The van der Waals surface area contributed by atoms with Crippen molar-refractivity contribution in [3.63, 3.8) is 0 Å². The summed E-state index contributed by atoms with van der Waals surface area (Å²) in [5.74, 6) is 0.960. The van der Waals surface area contributed by atoms with Crippen LogP contribution in [-0.4, -0.2) is 41.3 Å². The van der Waals surface area contributed by atoms with Crippen LogP contribution in [0.15, 0.2) is 48.8 Å². The normalized spacial score (nSPS) is 18.6. The highest BCUT2D eigenvalue weighted by molar-refractivity contribution is 5.84. The second-order valence-electron chi connectivity index (χ2n) is 9.84. The van der Waals surface area contributed by atoms with E-state index in [1.165, 1.54) is 32.1 Å². The van der Waals surface area contributed by atoms with E-state index in [1.807, 2.05) is 24.0 Å². The molecule has 2 amide bonds. The van der Waals surface area contributed by atoms with E-state index in [0.29, 0.717) is 51.2 Å². The largest absolute Gasteiger partial charge is 0.356 e. The second kappa shape index (κ2) is 11.0. The van der Waals surface area contributed by atoms with Gasteiger partial charge in [0.15, 0.2) is 0 Å². The topological polar surface area (TPSA) is 62.3 Å². The third kappa shape index (κ3) is 5.82. The molecule has 1 aromatic carbocycles. The highest BCUT2D eigenvalue weighted by Crippen LogP contribution is 2.37. The smallest absolute Gasteiger partial charge is 0.226 e. The quantitative estimate of drug-likeness (QED) is 0.649. The molecular weight excluding hydrogens is 410 g/mol. The summed E-state index contributed by atoms with van der Waals surface area (Å²) in [5, 5.41) is 3.08. The van der Waals surface area contributed by atoms with Crippen molar-refractivity contribution in [3.8, 4) is 11.1 Å². The lowest BCUT2D eigenvalue weighted by molar-refractivity contribution is -0.141. The van der Waals surface area contributed by atoms with E-state index >= 15 is 0 Å². The van der Waals surface area contributed by atoms with Gasteiger partial charge >= 0.3 is 0 Å². The van der Waals surface area contributed by atoms with Gasteiger partial charge in [0.05, 0.1) is 5.41 Å². The van der Waals surface area contributed by atoms with Gasteiger partial charge < -0.3 is 10.2 Å². The lowest BCUT2D eigenvalue weighted by Crippen LogP contribution is -2.51. The lowest BCUT2D eigenvalue weighted by atomic mass is 9.72. The van der Waals surface area contributed by atoms with Crippen molar-refractivity contribution < 1.29 is 9.59 Å². The van der Waals surface area contributed by atoms with E-state index in [1.54, 1.807) is 12.4 Å². The maximum absolute atomic E-state index is 13.2. The average Bonchev–Trinajstić information content (AvgIpc) is 2.86. The Morgan fingerprint density at radius 1 is 1.03 bits per heavy atom. The molecule has 5 heteroatoms. The number of pyridine rings is 1. The zero-order valence-electron chi connectivity index (χ0n) is 19.9. The molecule has 176 valence electrons. The lowest BCUT2D eigenvalue weighted by Gasteiger charge is -2.41. The Morgan fingerprint density at radius 2 is 1.76 bits per heavy atom.